The molecule has 154 valence electrons. The van der Waals surface area contributed by atoms with Crippen LogP contribution in [0.5, 0.6) is 11.5 Å². The van der Waals surface area contributed by atoms with E-state index in [1.165, 1.54) is 0 Å². The van der Waals surface area contributed by atoms with E-state index in [4.69, 9.17) is 14.2 Å². The van der Waals surface area contributed by atoms with E-state index in [0.717, 1.165) is 19.3 Å². The summed E-state index contributed by atoms with van der Waals surface area (Å²) in [5.41, 5.74) is 0.448. The number of ether oxygens (including phenoxy) is 3. The minimum Gasteiger partial charge on any atom is -0.490 e. The van der Waals surface area contributed by atoms with Crippen LogP contribution in [0.1, 0.15) is 40.0 Å². The molecule has 2 atom stereocenters. The van der Waals surface area contributed by atoms with Gasteiger partial charge in [-0.05, 0) is 37.3 Å². The number of esters is 1. The highest BCUT2D eigenvalue weighted by molar-refractivity contribution is 6.02. The molecule has 1 aliphatic carbocycles. The molecule has 0 aromatic heterocycles. The number of anilines is 1. The lowest BCUT2D eigenvalue weighted by Crippen LogP contribution is -2.37. The van der Waals surface area contributed by atoms with E-state index in [2.05, 4.69) is 10.6 Å². The lowest BCUT2D eigenvalue weighted by Gasteiger charge is -2.14. The monoisotopic (exact) mass is 392 g/mol. The van der Waals surface area contributed by atoms with Gasteiger partial charge in [0, 0.05) is 11.8 Å². The SMILES string of the molecule is CCCOc1ccc(NC(=O)NC(=O)COC(=O)[C@@H]2C[C@H]2C)cc1OCCC. The van der Waals surface area contributed by atoms with Gasteiger partial charge in [-0.1, -0.05) is 20.8 Å². The summed E-state index contributed by atoms with van der Waals surface area (Å²) in [5.74, 6) is 0.197. The number of rotatable bonds is 10. The molecule has 8 nitrogen and oxygen atoms in total. The summed E-state index contributed by atoms with van der Waals surface area (Å²) < 4.78 is 16.2. The van der Waals surface area contributed by atoms with Gasteiger partial charge in [-0.25, -0.2) is 4.79 Å². The highest BCUT2D eigenvalue weighted by atomic mass is 16.5. The predicted octanol–water partition coefficient (Wildman–Crippen LogP) is 3.11. The van der Waals surface area contributed by atoms with Crippen molar-refractivity contribution in [2.24, 2.45) is 11.8 Å². The van der Waals surface area contributed by atoms with Crippen LogP contribution in [0.25, 0.3) is 0 Å². The van der Waals surface area contributed by atoms with Crippen LogP contribution in [-0.2, 0) is 14.3 Å². The van der Waals surface area contributed by atoms with Crippen molar-refractivity contribution in [1.82, 2.24) is 5.32 Å². The summed E-state index contributed by atoms with van der Waals surface area (Å²) in [6, 6.07) is 4.28. The summed E-state index contributed by atoms with van der Waals surface area (Å²) in [5, 5.41) is 4.68. The Bertz CT molecular complexity index is 706. The molecular formula is C20H28N2O6. The summed E-state index contributed by atoms with van der Waals surface area (Å²) in [4.78, 5) is 35.4. The van der Waals surface area contributed by atoms with Crippen LogP contribution in [0.15, 0.2) is 18.2 Å². The van der Waals surface area contributed by atoms with Crippen molar-refractivity contribution >= 4 is 23.6 Å². The van der Waals surface area contributed by atoms with Crippen LogP contribution < -0.4 is 20.1 Å². The molecule has 0 spiro atoms. The van der Waals surface area contributed by atoms with Gasteiger partial charge in [0.1, 0.15) is 0 Å². The first-order valence-electron chi connectivity index (χ1n) is 9.61. The number of nitrogens with one attached hydrogen (secondary N) is 2. The molecule has 0 bridgehead atoms. The van der Waals surface area contributed by atoms with Gasteiger partial charge >= 0.3 is 12.0 Å². The third-order valence-corrected chi connectivity index (χ3v) is 4.14. The molecule has 3 amide bonds. The van der Waals surface area contributed by atoms with Gasteiger partial charge in [0.05, 0.1) is 19.1 Å². The first kappa shape index (κ1) is 21.5. The van der Waals surface area contributed by atoms with Gasteiger partial charge in [-0.3, -0.25) is 14.9 Å². The number of imide groups is 1. The molecule has 0 aliphatic heterocycles. The average Bonchev–Trinajstić information content (AvgIpc) is 3.40. The van der Waals surface area contributed by atoms with Crippen molar-refractivity contribution in [2.75, 3.05) is 25.1 Å². The number of urea groups is 1. The maximum atomic E-state index is 12.0. The molecule has 1 fully saturated rings. The topological polar surface area (TPSA) is 103 Å². The zero-order chi connectivity index (χ0) is 20.5. The van der Waals surface area contributed by atoms with E-state index in [1.54, 1.807) is 18.2 Å². The maximum absolute atomic E-state index is 12.0. The summed E-state index contributed by atoms with van der Waals surface area (Å²) in [7, 11) is 0. The van der Waals surface area contributed by atoms with Gasteiger partial charge in [0.15, 0.2) is 18.1 Å². The number of amides is 3. The lowest BCUT2D eigenvalue weighted by atomic mass is 10.2. The molecule has 1 aliphatic rings. The van der Waals surface area contributed by atoms with E-state index in [-0.39, 0.29) is 5.92 Å². The molecule has 1 aromatic carbocycles. The normalized spacial score (nSPS) is 17.4. The van der Waals surface area contributed by atoms with Crippen LogP contribution in [0.4, 0.5) is 10.5 Å². The van der Waals surface area contributed by atoms with E-state index < -0.39 is 24.5 Å². The Morgan fingerprint density at radius 1 is 1.07 bits per heavy atom. The van der Waals surface area contributed by atoms with Crippen LogP contribution >= 0.6 is 0 Å². The van der Waals surface area contributed by atoms with Crippen molar-refractivity contribution in [3.8, 4) is 11.5 Å². The van der Waals surface area contributed by atoms with Crippen LogP contribution in [0, 0.1) is 11.8 Å². The minimum absolute atomic E-state index is 0.128. The average molecular weight is 392 g/mol. The number of benzene rings is 1. The second kappa shape index (κ2) is 10.5. The van der Waals surface area contributed by atoms with Crippen molar-refractivity contribution < 1.29 is 28.6 Å². The molecular weight excluding hydrogens is 364 g/mol. The summed E-state index contributed by atoms with van der Waals surface area (Å²) in [6.07, 6.45) is 2.47. The molecule has 1 saturated carbocycles. The zero-order valence-electron chi connectivity index (χ0n) is 16.6. The highest BCUT2D eigenvalue weighted by Crippen LogP contribution is 2.38. The highest BCUT2D eigenvalue weighted by Gasteiger charge is 2.40. The van der Waals surface area contributed by atoms with Gasteiger partial charge in [0.25, 0.3) is 5.91 Å². The number of hydrogen-bond donors (Lipinski definition) is 2. The van der Waals surface area contributed by atoms with Crippen molar-refractivity contribution in [3.63, 3.8) is 0 Å². The fraction of sp³-hybridized carbons (Fsp3) is 0.550. The molecule has 1 aromatic rings. The largest absolute Gasteiger partial charge is 0.490 e. The van der Waals surface area contributed by atoms with Gasteiger partial charge in [-0.15, -0.1) is 0 Å². The van der Waals surface area contributed by atoms with Crippen molar-refractivity contribution in [2.45, 2.75) is 40.0 Å². The number of carbonyl (C=O) groups excluding carboxylic acids is 3. The minimum atomic E-state index is -0.718. The van der Waals surface area contributed by atoms with Crippen molar-refractivity contribution in [3.05, 3.63) is 18.2 Å². The summed E-state index contributed by atoms with van der Waals surface area (Å²) >= 11 is 0. The van der Waals surface area contributed by atoms with Gasteiger partial charge in [-0.2, -0.15) is 0 Å². The Labute approximate surface area is 164 Å². The molecule has 0 heterocycles. The van der Waals surface area contributed by atoms with E-state index in [1.807, 2.05) is 20.8 Å². The zero-order valence-corrected chi connectivity index (χ0v) is 16.6. The number of carbonyl (C=O) groups is 3. The lowest BCUT2D eigenvalue weighted by molar-refractivity contribution is -0.149. The van der Waals surface area contributed by atoms with Crippen LogP contribution in [0.2, 0.25) is 0 Å². The fourth-order valence-corrected chi connectivity index (χ4v) is 2.46. The maximum Gasteiger partial charge on any atom is 0.325 e. The Balaban J connectivity index is 1.85. The predicted molar refractivity (Wildman–Crippen MR) is 103 cm³/mol. The first-order valence-corrected chi connectivity index (χ1v) is 9.61. The Hall–Kier alpha value is -2.77. The second-order valence-corrected chi connectivity index (χ2v) is 6.79. The van der Waals surface area contributed by atoms with Crippen LogP contribution in [0.3, 0.4) is 0 Å². The third kappa shape index (κ3) is 6.75. The standard InChI is InChI=1S/C20H28N2O6/c1-4-8-26-16-7-6-14(11-17(16)27-9-5-2)21-20(25)22-18(23)12-28-19(24)15-10-13(15)3/h6-7,11,13,15H,4-5,8-10,12H2,1-3H3,(H2,21,22,23,25)/t13-,15-/m1/s1. The smallest absolute Gasteiger partial charge is 0.325 e. The molecule has 2 rings (SSSR count). The molecule has 0 radical (unpaired) electrons. The Morgan fingerprint density at radius 2 is 1.71 bits per heavy atom. The second-order valence-electron chi connectivity index (χ2n) is 6.79. The van der Waals surface area contributed by atoms with E-state index in [9.17, 15) is 14.4 Å². The van der Waals surface area contributed by atoms with Crippen LogP contribution in [-0.4, -0.2) is 37.7 Å². The number of hydrogen-bond acceptors (Lipinski definition) is 6. The molecule has 0 unspecified atom stereocenters. The van der Waals surface area contributed by atoms with Crippen molar-refractivity contribution in [1.29, 1.82) is 0 Å². The Morgan fingerprint density at radius 3 is 2.32 bits per heavy atom. The van der Waals surface area contributed by atoms with E-state index >= 15 is 0 Å². The third-order valence-electron chi connectivity index (χ3n) is 4.14. The van der Waals surface area contributed by atoms with E-state index in [0.29, 0.717) is 36.3 Å². The quantitative estimate of drug-likeness (QED) is 0.593. The Kier molecular flexibility index (Phi) is 8.10. The van der Waals surface area contributed by atoms with Gasteiger partial charge in [0.2, 0.25) is 0 Å². The van der Waals surface area contributed by atoms with Gasteiger partial charge < -0.3 is 19.5 Å². The molecule has 8 heteroatoms. The molecule has 0 saturated heterocycles. The molecule has 28 heavy (non-hydrogen) atoms. The fourth-order valence-electron chi connectivity index (χ4n) is 2.46. The first-order chi connectivity index (χ1) is 13.4. The summed E-state index contributed by atoms with van der Waals surface area (Å²) in [6.45, 7) is 6.53. The molecule has 2 N–H and O–H groups in total.